The maximum absolute atomic E-state index is 12.1. The van der Waals surface area contributed by atoms with Gasteiger partial charge in [0, 0.05) is 5.54 Å². The minimum absolute atomic E-state index is 0.0321. The summed E-state index contributed by atoms with van der Waals surface area (Å²) in [7, 11) is -1.05. The second-order valence-electron chi connectivity index (χ2n) is 6.23. The van der Waals surface area contributed by atoms with Gasteiger partial charge in [-0.05, 0) is 44.0 Å². The SMILES string of the molecule is CN1CCCC12Cc1ccccc1CN([S+](C)(=O)[O-])C2. The Labute approximate surface area is 122 Å². The van der Waals surface area contributed by atoms with E-state index in [-0.39, 0.29) is 5.54 Å². The molecule has 0 radical (unpaired) electrons. The van der Waals surface area contributed by atoms with Crippen molar-refractivity contribution in [3.05, 3.63) is 35.4 Å². The van der Waals surface area contributed by atoms with Gasteiger partial charge in [0.1, 0.15) is 16.7 Å². The van der Waals surface area contributed by atoms with Crippen molar-refractivity contribution in [2.75, 3.05) is 26.4 Å². The molecular weight excluding hydrogens is 272 g/mol. The Balaban J connectivity index is 2.05. The van der Waals surface area contributed by atoms with Gasteiger partial charge in [0.05, 0.1) is 13.1 Å². The molecule has 1 aromatic rings. The molecule has 2 aliphatic heterocycles. The Morgan fingerprint density at radius 1 is 1.30 bits per heavy atom. The molecule has 4 nitrogen and oxygen atoms in total. The minimum atomic E-state index is -3.17. The van der Waals surface area contributed by atoms with Crippen LogP contribution in [0.25, 0.3) is 0 Å². The van der Waals surface area contributed by atoms with Crippen molar-refractivity contribution < 1.29 is 8.76 Å². The summed E-state index contributed by atoms with van der Waals surface area (Å²) in [6, 6.07) is 8.25. The number of sulfonamides is 1. The highest BCUT2D eigenvalue weighted by Crippen LogP contribution is 2.37. The zero-order chi connectivity index (χ0) is 14.4. The summed E-state index contributed by atoms with van der Waals surface area (Å²) in [4.78, 5) is 2.35. The number of hydrogen-bond donors (Lipinski definition) is 0. The topological polar surface area (TPSA) is 46.6 Å². The third kappa shape index (κ3) is 2.44. The van der Waals surface area contributed by atoms with E-state index in [1.165, 1.54) is 11.8 Å². The molecule has 1 fully saturated rings. The van der Waals surface area contributed by atoms with Crippen molar-refractivity contribution in [1.82, 2.24) is 9.21 Å². The Morgan fingerprint density at radius 3 is 2.60 bits per heavy atom. The Morgan fingerprint density at radius 2 is 2.00 bits per heavy atom. The zero-order valence-electron chi connectivity index (χ0n) is 12.2. The molecule has 1 saturated heterocycles. The molecule has 2 heterocycles. The molecule has 0 bridgehead atoms. The predicted molar refractivity (Wildman–Crippen MR) is 79.9 cm³/mol. The molecule has 0 N–H and O–H groups in total. The molecule has 1 aromatic carbocycles. The first kappa shape index (κ1) is 14.2. The highest BCUT2D eigenvalue weighted by molar-refractivity contribution is 7.94. The highest BCUT2D eigenvalue weighted by atomic mass is 32.3. The van der Waals surface area contributed by atoms with E-state index in [0.29, 0.717) is 13.1 Å². The third-order valence-electron chi connectivity index (χ3n) is 4.87. The summed E-state index contributed by atoms with van der Waals surface area (Å²) in [5, 5.41) is 0. The molecule has 2 atom stereocenters. The van der Waals surface area contributed by atoms with E-state index in [9.17, 15) is 8.76 Å². The van der Waals surface area contributed by atoms with Crippen molar-refractivity contribution in [3.63, 3.8) is 0 Å². The van der Waals surface area contributed by atoms with Crippen LogP contribution >= 0.6 is 0 Å². The third-order valence-corrected chi connectivity index (χ3v) is 6.07. The molecule has 20 heavy (non-hydrogen) atoms. The second-order valence-corrected chi connectivity index (χ2v) is 8.21. The zero-order valence-corrected chi connectivity index (χ0v) is 13.0. The molecule has 0 aromatic heterocycles. The fraction of sp³-hybridized carbons (Fsp3) is 0.600. The van der Waals surface area contributed by atoms with Gasteiger partial charge in [-0.1, -0.05) is 28.5 Å². The summed E-state index contributed by atoms with van der Waals surface area (Å²) in [5.74, 6) is 0. The van der Waals surface area contributed by atoms with Crippen molar-refractivity contribution >= 4 is 10.4 Å². The molecule has 5 heteroatoms. The Bertz CT molecular complexity index is 557. The molecule has 1 spiro atoms. The van der Waals surface area contributed by atoms with E-state index >= 15 is 0 Å². The quantitative estimate of drug-likeness (QED) is 0.740. The molecule has 3 rings (SSSR count). The Hall–Kier alpha value is -0.750. The van der Waals surface area contributed by atoms with Crippen LogP contribution in [0.1, 0.15) is 24.0 Å². The summed E-state index contributed by atoms with van der Waals surface area (Å²) < 4.78 is 25.9. The lowest BCUT2D eigenvalue weighted by atomic mass is 9.88. The number of hydrogen-bond acceptors (Lipinski definition) is 3. The number of fused-ring (bicyclic) bond motifs is 1. The van der Waals surface area contributed by atoms with Gasteiger partial charge in [0.15, 0.2) is 0 Å². The summed E-state index contributed by atoms with van der Waals surface area (Å²) >= 11 is 0. The number of likely N-dealkylation sites (tertiary alicyclic amines) is 1. The largest absolute Gasteiger partial charge is 0.598 e. The number of rotatable bonds is 1. The molecule has 0 saturated carbocycles. The first-order chi connectivity index (χ1) is 9.41. The van der Waals surface area contributed by atoms with Crippen molar-refractivity contribution in [2.45, 2.75) is 31.3 Å². The van der Waals surface area contributed by atoms with Crippen LogP contribution in [-0.4, -0.2) is 45.7 Å². The number of benzene rings is 1. The molecule has 2 aliphatic rings. The fourth-order valence-corrected chi connectivity index (χ4v) is 4.45. The van der Waals surface area contributed by atoms with Crippen molar-refractivity contribution in [2.24, 2.45) is 0 Å². The lowest BCUT2D eigenvalue weighted by Crippen LogP contribution is -2.52. The Kier molecular flexibility index (Phi) is 3.49. The monoisotopic (exact) mass is 294 g/mol. The molecule has 2 unspecified atom stereocenters. The lowest BCUT2D eigenvalue weighted by molar-refractivity contribution is 0.139. The van der Waals surface area contributed by atoms with E-state index < -0.39 is 10.4 Å². The number of nitrogens with zero attached hydrogens (tertiary/aromatic N) is 2. The van der Waals surface area contributed by atoms with Crippen LogP contribution in [0.3, 0.4) is 0 Å². The van der Waals surface area contributed by atoms with Crippen LogP contribution in [0.2, 0.25) is 0 Å². The van der Waals surface area contributed by atoms with Gasteiger partial charge in [-0.3, -0.25) is 4.90 Å². The first-order valence-electron chi connectivity index (χ1n) is 7.14. The van der Waals surface area contributed by atoms with E-state index in [1.54, 1.807) is 4.31 Å². The minimum Gasteiger partial charge on any atom is -0.598 e. The first-order valence-corrected chi connectivity index (χ1v) is 8.99. The maximum atomic E-state index is 12.1. The van der Waals surface area contributed by atoms with Crippen LogP contribution < -0.4 is 0 Å². The normalized spacial score (nSPS) is 30.9. The average molecular weight is 294 g/mol. The van der Waals surface area contributed by atoms with Crippen LogP contribution in [0.5, 0.6) is 0 Å². The van der Waals surface area contributed by atoms with Crippen LogP contribution in [0.15, 0.2) is 24.3 Å². The molecular formula is C15H22N2O2S. The van der Waals surface area contributed by atoms with Gasteiger partial charge >= 0.3 is 0 Å². The summed E-state index contributed by atoms with van der Waals surface area (Å²) in [5.41, 5.74) is 2.41. The number of likely N-dealkylation sites (N-methyl/N-ethyl adjacent to an activating group) is 1. The van der Waals surface area contributed by atoms with Crippen LogP contribution in [0.4, 0.5) is 0 Å². The van der Waals surface area contributed by atoms with E-state index in [2.05, 4.69) is 30.1 Å². The second kappa shape index (κ2) is 4.91. The van der Waals surface area contributed by atoms with Crippen molar-refractivity contribution in [1.29, 1.82) is 0 Å². The molecule has 0 amide bonds. The van der Waals surface area contributed by atoms with Gasteiger partial charge in [0.25, 0.3) is 0 Å². The standard InChI is InChI=1S/C15H22N2O2S/c1-16-9-5-8-15(16)10-13-6-3-4-7-14(13)11-17(12-15)20(2,18)19/h3-4,6-7H,5,8-12H2,1-2H3. The van der Waals surface area contributed by atoms with E-state index in [4.69, 9.17) is 0 Å². The summed E-state index contributed by atoms with van der Waals surface area (Å²) in [6.07, 6.45) is 4.50. The van der Waals surface area contributed by atoms with Crippen molar-refractivity contribution in [3.8, 4) is 0 Å². The van der Waals surface area contributed by atoms with Gasteiger partial charge < -0.3 is 4.55 Å². The summed E-state index contributed by atoms with van der Waals surface area (Å²) in [6.45, 7) is 2.17. The van der Waals surface area contributed by atoms with Gasteiger partial charge in [0.2, 0.25) is 0 Å². The van der Waals surface area contributed by atoms with Crippen LogP contribution in [0, 0.1) is 0 Å². The maximum Gasteiger partial charge on any atom is 0.122 e. The molecule has 0 aliphatic carbocycles. The van der Waals surface area contributed by atoms with E-state index in [0.717, 1.165) is 31.4 Å². The average Bonchev–Trinajstić information content (AvgIpc) is 2.62. The highest BCUT2D eigenvalue weighted by Gasteiger charge is 2.45. The lowest BCUT2D eigenvalue weighted by Gasteiger charge is -2.38. The van der Waals surface area contributed by atoms with Gasteiger partial charge in [-0.2, -0.15) is 0 Å². The van der Waals surface area contributed by atoms with E-state index in [1.807, 2.05) is 6.07 Å². The molecule has 110 valence electrons. The van der Waals surface area contributed by atoms with Crippen LogP contribution in [-0.2, 0) is 27.6 Å². The predicted octanol–water partition coefficient (Wildman–Crippen LogP) is 1.68. The smallest absolute Gasteiger partial charge is 0.122 e. The van der Waals surface area contributed by atoms with Gasteiger partial charge in [-0.15, -0.1) is 4.31 Å². The van der Waals surface area contributed by atoms with Gasteiger partial charge in [-0.25, -0.2) is 0 Å². The fourth-order valence-electron chi connectivity index (χ4n) is 3.60.